The summed E-state index contributed by atoms with van der Waals surface area (Å²) in [6.07, 6.45) is 4.06. The van der Waals surface area contributed by atoms with Gasteiger partial charge >= 0.3 is 0 Å². The van der Waals surface area contributed by atoms with Crippen LogP contribution in [0.4, 0.5) is 5.69 Å². The highest BCUT2D eigenvalue weighted by Crippen LogP contribution is 2.25. The molecule has 0 saturated heterocycles. The van der Waals surface area contributed by atoms with Gasteiger partial charge in [-0.25, -0.2) is 0 Å². The lowest BCUT2D eigenvalue weighted by Gasteiger charge is -2.30. The molecule has 1 amide bonds. The lowest BCUT2D eigenvalue weighted by atomic mass is 9.85. The van der Waals surface area contributed by atoms with Crippen LogP contribution in [-0.4, -0.2) is 23.7 Å². The van der Waals surface area contributed by atoms with Gasteiger partial charge in [-0.15, -0.1) is 0 Å². The van der Waals surface area contributed by atoms with Gasteiger partial charge in [0.25, 0.3) is 5.91 Å². The van der Waals surface area contributed by atoms with Crippen molar-refractivity contribution in [1.82, 2.24) is 5.32 Å². The molecule has 1 aromatic carbocycles. The molecule has 5 nitrogen and oxygen atoms in total. The number of fused-ring (bicyclic) bond motifs is 1. The van der Waals surface area contributed by atoms with Gasteiger partial charge in [0.15, 0.2) is 5.76 Å². The second kappa shape index (κ2) is 5.77. The number of nitrogens with two attached hydrogens (primary N) is 1. The van der Waals surface area contributed by atoms with Crippen molar-refractivity contribution in [2.24, 2.45) is 5.92 Å². The van der Waals surface area contributed by atoms with Crippen LogP contribution in [0.25, 0.3) is 11.0 Å². The molecule has 4 N–H and O–H groups in total. The van der Waals surface area contributed by atoms with Gasteiger partial charge in [-0.05, 0) is 37.1 Å². The molecule has 5 heteroatoms. The molecule has 0 bridgehead atoms. The summed E-state index contributed by atoms with van der Waals surface area (Å²) in [7, 11) is 0. The Balaban J connectivity index is 1.77. The van der Waals surface area contributed by atoms with Crippen molar-refractivity contribution in [1.29, 1.82) is 0 Å². The van der Waals surface area contributed by atoms with Crippen molar-refractivity contribution >= 4 is 22.6 Å². The van der Waals surface area contributed by atoms with Crippen LogP contribution in [0.5, 0.6) is 0 Å². The van der Waals surface area contributed by atoms with E-state index in [1.807, 2.05) is 0 Å². The fourth-order valence-corrected chi connectivity index (χ4v) is 3.03. The molecule has 1 aliphatic carbocycles. The Morgan fingerprint density at radius 2 is 2.14 bits per heavy atom. The monoisotopic (exact) mass is 288 g/mol. The van der Waals surface area contributed by atoms with Crippen LogP contribution in [0.2, 0.25) is 0 Å². The first-order chi connectivity index (χ1) is 10.2. The first-order valence-corrected chi connectivity index (χ1v) is 7.38. The lowest BCUT2D eigenvalue weighted by molar-refractivity contribution is 0.0847. The van der Waals surface area contributed by atoms with Crippen molar-refractivity contribution in [3.63, 3.8) is 0 Å². The topological polar surface area (TPSA) is 88.5 Å². The van der Waals surface area contributed by atoms with E-state index in [1.165, 1.54) is 0 Å². The Bertz CT molecular complexity index is 650. The SMILES string of the molecule is Nc1ccc2oc(C(=O)NC3CCCCC3CO)cc2c1. The maximum atomic E-state index is 12.3. The van der Waals surface area contributed by atoms with E-state index in [-0.39, 0.29) is 30.2 Å². The first kappa shape index (κ1) is 13.9. The zero-order valence-electron chi connectivity index (χ0n) is 11.8. The Labute approximate surface area is 123 Å². The molecule has 1 aromatic heterocycles. The summed E-state index contributed by atoms with van der Waals surface area (Å²) in [5.74, 6) is 0.204. The minimum atomic E-state index is -0.227. The Morgan fingerprint density at radius 1 is 1.33 bits per heavy atom. The van der Waals surface area contributed by atoms with Gasteiger partial charge in [-0.1, -0.05) is 12.8 Å². The van der Waals surface area contributed by atoms with Crippen molar-refractivity contribution in [3.8, 4) is 0 Å². The molecule has 2 atom stereocenters. The minimum absolute atomic E-state index is 0.0227. The second-order valence-corrected chi connectivity index (χ2v) is 5.71. The highest BCUT2D eigenvalue weighted by molar-refractivity contribution is 5.96. The number of anilines is 1. The fraction of sp³-hybridized carbons (Fsp3) is 0.438. The van der Waals surface area contributed by atoms with Crippen LogP contribution in [-0.2, 0) is 0 Å². The van der Waals surface area contributed by atoms with E-state index in [2.05, 4.69) is 5.32 Å². The molecule has 1 aliphatic rings. The van der Waals surface area contributed by atoms with Crippen molar-refractivity contribution in [2.45, 2.75) is 31.7 Å². The van der Waals surface area contributed by atoms with E-state index in [4.69, 9.17) is 10.2 Å². The zero-order valence-corrected chi connectivity index (χ0v) is 11.8. The number of nitrogen functional groups attached to an aromatic ring is 1. The molecule has 21 heavy (non-hydrogen) atoms. The molecule has 2 aromatic rings. The number of amides is 1. The predicted octanol–water partition coefficient (Wildman–Crippen LogP) is 2.30. The van der Waals surface area contributed by atoms with Crippen LogP contribution in [0, 0.1) is 5.92 Å². The van der Waals surface area contributed by atoms with Crippen LogP contribution in [0.15, 0.2) is 28.7 Å². The van der Waals surface area contributed by atoms with Crippen LogP contribution in [0.1, 0.15) is 36.2 Å². The Morgan fingerprint density at radius 3 is 2.95 bits per heavy atom. The van der Waals surface area contributed by atoms with Crippen LogP contribution < -0.4 is 11.1 Å². The summed E-state index contributed by atoms with van der Waals surface area (Å²) in [5.41, 5.74) is 7.02. The molecule has 2 unspecified atom stereocenters. The Hall–Kier alpha value is -2.01. The van der Waals surface area contributed by atoms with Crippen molar-refractivity contribution in [3.05, 3.63) is 30.0 Å². The maximum Gasteiger partial charge on any atom is 0.287 e. The molecule has 0 aliphatic heterocycles. The van der Waals surface area contributed by atoms with E-state index >= 15 is 0 Å². The van der Waals surface area contributed by atoms with Crippen LogP contribution >= 0.6 is 0 Å². The number of nitrogens with one attached hydrogen (secondary N) is 1. The highest BCUT2D eigenvalue weighted by Gasteiger charge is 2.27. The van der Waals surface area contributed by atoms with Gasteiger partial charge in [-0.2, -0.15) is 0 Å². The summed E-state index contributed by atoms with van der Waals surface area (Å²) in [4.78, 5) is 12.3. The molecule has 0 spiro atoms. The van der Waals surface area contributed by atoms with E-state index < -0.39 is 0 Å². The molecular formula is C16H20N2O3. The number of furan rings is 1. The number of benzene rings is 1. The smallest absolute Gasteiger partial charge is 0.287 e. The van der Waals surface area contributed by atoms with Gasteiger partial charge in [0.2, 0.25) is 0 Å². The average molecular weight is 288 g/mol. The first-order valence-electron chi connectivity index (χ1n) is 7.38. The number of carbonyl (C=O) groups is 1. The molecule has 3 rings (SSSR count). The summed E-state index contributed by atoms with van der Waals surface area (Å²) in [5, 5.41) is 13.2. The third kappa shape index (κ3) is 2.88. The lowest BCUT2D eigenvalue weighted by Crippen LogP contribution is -2.43. The largest absolute Gasteiger partial charge is 0.451 e. The summed E-state index contributed by atoms with van der Waals surface area (Å²) >= 11 is 0. The highest BCUT2D eigenvalue weighted by atomic mass is 16.3. The number of hydrogen-bond donors (Lipinski definition) is 3. The number of aliphatic hydroxyl groups is 1. The zero-order chi connectivity index (χ0) is 14.8. The van der Waals surface area contributed by atoms with Crippen molar-refractivity contribution in [2.75, 3.05) is 12.3 Å². The molecule has 112 valence electrons. The molecular weight excluding hydrogens is 268 g/mol. The van der Waals surface area contributed by atoms with E-state index in [0.29, 0.717) is 11.3 Å². The molecule has 1 saturated carbocycles. The quantitative estimate of drug-likeness (QED) is 0.756. The maximum absolute atomic E-state index is 12.3. The van der Waals surface area contributed by atoms with Crippen LogP contribution in [0.3, 0.4) is 0 Å². The van der Waals surface area contributed by atoms with Crippen molar-refractivity contribution < 1.29 is 14.3 Å². The van der Waals surface area contributed by atoms with Gasteiger partial charge in [-0.3, -0.25) is 4.79 Å². The Kier molecular flexibility index (Phi) is 3.84. The number of hydrogen-bond acceptors (Lipinski definition) is 4. The minimum Gasteiger partial charge on any atom is -0.451 e. The normalized spacial score (nSPS) is 22.3. The molecule has 1 heterocycles. The average Bonchev–Trinajstić information content (AvgIpc) is 2.91. The van der Waals surface area contributed by atoms with E-state index in [0.717, 1.165) is 31.1 Å². The predicted molar refractivity (Wildman–Crippen MR) is 80.9 cm³/mol. The van der Waals surface area contributed by atoms with E-state index in [9.17, 15) is 9.90 Å². The number of rotatable bonds is 3. The van der Waals surface area contributed by atoms with Gasteiger partial charge < -0.3 is 20.6 Å². The van der Waals surface area contributed by atoms with E-state index in [1.54, 1.807) is 24.3 Å². The summed E-state index contributed by atoms with van der Waals surface area (Å²) in [6.45, 7) is 0.113. The number of carbonyl (C=O) groups excluding carboxylic acids is 1. The van der Waals surface area contributed by atoms with Gasteiger partial charge in [0.05, 0.1) is 0 Å². The van der Waals surface area contributed by atoms with Gasteiger partial charge in [0.1, 0.15) is 5.58 Å². The molecule has 1 fully saturated rings. The third-order valence-electron chi connectivity index (χ3n) is 4.22. The summed E-state index contributed by atoms with van der Waals surface area (Å²) < 4.78 is 5.57. The second-order valence-electron chi connectivity index (χ2n) is 5.71. The fourth-order valence-electron chi connectivity index (χ4n) is 3.03. The molecule has 0 radical (unpaired) electrons. The standard InChI is InChI=1S/C16H20N2O3/c17-12-5-6-14-11(7-12)8-15(21-14)16(20)18-13-4-2-1-3-10(13)9-19/h5-8,10,13,19H,1-4,9,17H2,(H,18,20). The third-order valence-corrected chi connectivity index (χ3v) is 4.22. The number of aliphatic hydroxyl groups excluding tert-OH is 1. The van der Waals surface area contributed by atoms with Gasteiger partial charge in [0, 0.05) is 29.6 Å². The summed E-state index contributed by atoms with van der Waals surface area (Å²) in [6, 6.07) is 7.02.